The highest BCUT2D eigenvalue weighted by Gasteiger charge is 2.12. The first-order chi connectivity index (χ1) is 44.3. The van der Waals surface area contributed by atoms with Gasteiger partial charge in [-0.15, -0.1) is 84.3 Å². The lowest BCUT2D eigenvalue weighted by molar-refractivity contribution is 0.681. The van der Waals surface area contributed by atoms with Crippen molar-refractivity contribution in [2.75, 3.05) is 0 Å². The Morgan fingerprint density at radius 2 is 0.915 bits per heavy atom. The fourth-order valence-corrected chi connectivity index (χ4v) is 3.05. The van der Waals surface area contributed by atoms with Crippen molar-refractivity contribution in [2.45, 2.75) is 259 Å². The van der Waals surface area contributed by atoms with Crippen molar-refractivity contribution in [1.29, 1.82) is 0 Å². The van der Waals surface area contributed by atoms with Gasteiger partial charge in [0.1, 0.15) is 0 Å². The van der Waals surface area contributed by atoms with Crippen LogP contribution in [0, 0.1) is 96.2 Å². The molecule has 0 N–H and O–H groups in total. The van der Waals surface area contributed by atoms with Crippen molar-refractivity contribution in [3.8, 4) is 72.6 Å². The second-order valence-corrected chi connectivity index (χ2v) is 20.7. The lowest BCUT2D eigenvalue weighted by atomic mass is 9.98. The van der Waals surface area contributed by atoms with E-state index in [1.807, 2.05) is 153 Å². The van der Waals surface area contributed by atoms with Crippen molar-refractivity contribution >= 4 is 0 Å². The summed E-state index contributed by atoms with van der Waals surface area (Å²) in [7, 11) is 0. The molecule has 4 atom stereocenters. The van der Waals surface area contributed by atoms with Gasteiger partial charge in [0.2, 0.25) is 0 Å². The summed E-state index contributed by atoms with van der Waals surface area (Å²) in [5.41, 5.74) is 22.8. The van der Waals surface area contributed by atoms with E-state index in [4.69, 9.17) is 19.3 Å². The van der Waals surface area contributed by atoms with E-state index >= 15 is 0 Å². The minimum atomic E-state index is 0.782. The van der Waals surface area contributed by atoms with Crippen LogP contribution in [-0.2, 0) is 0 Å². The van der Waals surface area contributed by atoms with Gasteiger partial charge in [-0.3, -0.25) is 0 Å². The van der Waals surface area contributed by atoms with Crippen LogP contribution in [0.3, 0.4) is 0 Å². The third-order valence-corrected chi connectivity index (χ3v) is 10.3. The van der Waals surface area contributed by atoms with E-state index in [-0.39, 0.29) is 0 Å². The molecule has 0 heterocycles. The zero-order valence-corrected chi connectivity index (χ0v) is 67.3. The summed E-state index contributed by atoms with van der Waals surface area (Å²) >= 11 is 0. The van der Waals surface area contributed by atoms with Crippen molar-refractivity contribution in [2.24, 2.45) is 23.7 Å². The highest BCUT2D eigenvalue weighted by atomic mass is 14.2. The normalized spacial score (nSPS) is 12.7. The van der Waals surface area contributed by atoms with Gasteiger partial charge in [-0.2, -0.15) is 0 Å². The molecule has 0 amide bonds. The molecule has 0 spiro atoms. The van der Waals surface area contributed by atoms with Crippen LogP contribution in [-0.4, -0.2) is 0 Å². The highest BCUT2D eigenvalue weighted by molar-refractivity contribution is 5.25. The molecule has 5 rings (SSSR count). The van der Waals surface area contributed by atoms with Crippen LogP contribution in [0.1, 0.15) is 259 Å². The Bertz CT molecular complexity index is 2510. The zero-order chi connectivity index (χ0) is 76.8. The van der Waals surface area contributed by atoms with Crippen molar-refractivity contribution < 1.29 is 0 Å². The second kappa shape index (κ2) is 119. The number of rotatable bonds is 4. The SMILES string of the molecule is C#C/C=C/C.C#CC(=C)C.C#CCCC.C=C(C)CC.C=C/C=C/C.C=C=C(C)C.C=C=CC.C=CC#CC.C=CC(=C)C.CC#CCC.CC#CCC.CC1=CC1C.CC1=CCC1.CC1=C[C@@H]1C.CC1=C[C@H]1C.CC1C=CC1.CC=C(C)C.CC=C=CC.CC=C=CC. The lowest BCUT2D eigenvalue weighted by Gasteiger charge is -2.08. The Balaban J connectivity index is -0.0000000599. The first kappa shape index (κ1) is 120. The second-order valence-electron chi connectivity index (χ2n) is 20.7. The van der Waals surface area contributed by atoms with E-state index < -0.39 is 0 Å². The van der Waals surface area contributed by atoms with Crippen molar-refractivity contribution in [3.63, 3.8) is 0 Å². The van der Waals surface area contributed by atoms with Crippen molar-refractivity contribution in [1.82, 2.24) is 0 Å². The molecule has 94 heavy (non-hydrogen) atoms. The first-order valence-corrected chi connectivity index (χ1v) is 33.1. The molecule has 0 heteroatoms. The monoisotopic (exact) mass is 1280 g/mol. The Morgan fingerprint density at radius 1 is 0.617 bits per heavy atom. The number of terminal acetylenes is 3. The van der Waals surface area contributed by atoms with E-state index in [1.165, 1.54) is 30.4 Å². The minimum absolute atomic E-state index is 0.782. The summed E-state index contributed by atoms with van der Waals surface area (Å²) in [6.45, 7) is 88.2. The van der Waals surface area contributed by atoms with Crippen LogP contribution in [0.2, 0.25) is 0 Å². The van der Waals surface area contributed by atoms with Crippen LogP contribution in [0.5, 0.6) is 0 Å². The minimum Gasteiger partial charge on any atom is -0.133 e. The molecule has 0 fully saturated rings. The van der Waals surface area contributed by atoms with Crippen molar-refractivity contribution in [3.05, 3.63) is 241 Å². The smallest absolute Gasteiger partial charge is 0.00834 e. The van der Waals surface area contributed by atoms with Gasteiger partial charge in [0.15, 0.2) is 0 Å². The topological polar surface area (TPSA) is 0 Å². The summed E-state index contributed by atoms with van der Waals surface area (Å²) in [6, 6.07) is 0. The number of unbranched alkanes of at least 4 members (excludes halogenated alkanes) is 1. The van der Waals surface area contributed by atoms with Gasteiger partial charge in [-0.25, -0.2) is 0 Å². The van der Waals surface area contributed by atoms with Crippen LogP contribution in [0.4, 0.5) is 0 Å². The largest absolute Gasteiger partial charge is 0.133 e. The fraction of sp³-hybridized carbons (Fsp3) is 0.447. The molecular weight excluding hydrogens is 1130 g/mol. The summed E-state index contributed by atoms with van der Waals surface area (Å²) in [5, 5.41) is 0. The maximum Gasteiger partial charge on any atom is 0.00834 e. The van der Waals surface area contributed by atoms with Gasteiger partial charge in [0, 0.05) is 19.3 Å². The molecule has 0 aromatic carbocycles. The number of hydrogen-bond donors (Lipinski definition) is 0. The molecule has 5 aliphatic carbocycles. The van der Waals surface area contributed by atoms with Crippen LogP contribution < -0.4 is 0 Å². The zero-order valence-electron chi connectivity index (χ0n) is 67.3. The Morgan fingerprint density at radius 3 is 0.915 bits per heavy atom. The van der Waals surface area contributed by atoms with E-state index in [0.29, 0.717) is 0 Å². The molecule has 5 aliphatic rings. The molecular formula is C94H148. The van der Waals surface area contributed by atoms with E-state index in [2.05, 4.69) is 254 Å². The third-order valence-electron chi connectivity index (χ3n) is 10.3. The molecule has 0 aliphatic heterocycles. The quantitative estimate of drug-likeness (QED) is 0.114. The van der Waals surface area contributed by atoms with E-state index in [0.717, 1.165) is 72.5 Å². The Kier molecular flexibility index (Phi) is 151. The molecule has 0 aromatic rings. The highest BCUT2D eigenvalue weighted by Crippen LogP contribution is 2.26. The molecule has 524 valence electrons. The van der Waals surface area contributed by atoms with Crippen LogP contribution in [0.25, 0.3) is 0 Å². The number of hydrogen-bond acceptors (Lipinski definition) is 0. The van der Waals surface area contributed by atoms with E-state index in [9.17, 15) is 0 Å². The lowest BCUT2D eigenvalue weighted by Crippen LogP contribution is -1.93. The number of allylic oxidation sites excluding steroid dienone is 26. The predicted octanol–water partition coefficient (Wildman–Crippen LogP) is 29.9. The van der Waals surface area contributed by atoms with Gasteiger partial charge in [-0.1, -0.05) is 231 Å². The van der Waals surface area contributed by atoms with Crippen LogP contribution in [0.15, 0.2) is 241 Å². The van der Waals surface area contributed by atoms with Gasteiger partial charge in [0.25, 0.3) is 0 Å². The standard InChI is InChI=1S/5C5H8.2C5H10.2C5H8.C5H6.6C5H8.2C5H6.C4H6/c3*1-4-3-5(4)2;2*1-5-3-2-4-5;5*1-4-5(2)3;8*1-3-5-4-2;1-3-4-2/h3*3-4H,1-2H3;3H,2,4H2,1H3;2-3,5H,4H2,1H3;4H,1-3H3;2,4H2,1,3H3;1H2,2-3H3;4H,1-2H2,3H3;1H,2H2,3H3;2*3H2,1-2H3;2*3-4H,1-2H3;3-5H,1H2,2H3;1H,4-5H2,2H3;3H,1H2,2H3;1,4-5H,2H3;4H,1H2,2H3/b;;;;;;;;;;;;;;5-4+;;;5-4+;/t2*4-;;;;;;;;;;;;;;;;;/m10................./s1. The van der Waals surface area contributed by atoms with Gasteiger partial charge in [-0.05, 0) is 262 Å². The predicted molar refractivity (Wildman–Crippen MR) is 448 cm³/mol. The summed E-state index contributed by atoms with van der Waals surface area (Å²) in [6.07, 6.45) is 60.7. The maximum atomic E-state index is 4.89. The van der Waals surface area contributed by atoms with E-state index in [1.54, 1.807) is 66.5 Å². The molecule has 0 radical (unpaired) electrons. The maximum absolute atomic E-state index is 4.89. The Hall–Kier alpha value is -8.20. The van der Waals surface area contributed by atoms with Gasteiger partial charge < -0.3 is 0 Å². The molecule has 0 nitrogen and oxygen atoms in total. The average molecular weight is 1280 g/mol. The van der Waals surface area contributed by atoms with Crippen LogP contribution >= 0.6 is 0 Å². The first-order valence-electron chi connectivity index (χ1n) is 33.1. The average Bonchev–Trinajstić information content (AvgIpc) is 2.03. The molecule has 0 aromatic heterocycles. The third kappa shape index (κ3) is 241. The van der Waals surface area contributed by atoms with Gasteiger partial charge >= 0.3 is 0 Å². The molecule has 2 unspecified atom stereocenters. The molecule has 0 saturated carbocycles. The molecule has 0 saturated heterocycles. The molecule has 0 bridgehead atoms. The summed E-state index contributed by atoms with van der Waals surface area (Å²) < 4.78 is 0. The fourth-order valence-electron chi connectivity index (χ4n) is 3.05. The van der Waals surface area contributed by atoms with Gasteiger partial charge in [0.05, 0.1) is 0 Å². The summed E-state index contributed by atoms with van der Waals surface area (Å²) in [5.74, 6) is 27.1. The summed E-state index contributed by atoms with van der Waals surface area (Å²) in [4.78, 5) is 0. The Labute approximate surface area is 593 Å².